The van der Waals surface area contributed by atoms with Gasteiger partial charge in [0.2, 0.25) is 0 Å². The highest BCUT2D eigenvalue weighted by Gasteiger charge is 2.19. The monoisotopic (exact) mass is 343 g/mol. The fourth-order valence-corrected chi connectivity index (χ4v) is 2.31. The van der Waals surface area contributed by atoms with E-state index in [9.17, 15) is 14.4 Å². The third-order valence-corrected chi connectivity index (χ3v) is 3.89. The lowest BCUT2D eigenvalue weighted by Crippen LogP contribution is -2.34. The van der Waals surface area contributed by atoms with Crippen LogP contribution < -0.4 is 5.73 Å². The second-order valence-corrected chi connectivity index (χ2v) is 6.09. The number of carbonyl (C=O) groups is 3. The van der Waals surface area contributed by atoms with Gasteiger partial charge in [-0.1, -0.05) is 58.3 Å². The Bertz CT molecular complexity index is 370. The zero-order chi connectivity index (χ0) is 18.2. The van der Waals surface area contributed by atoms with Crippen LogP contribution in [0.5, 0.6) is 0 Å². The molecule has 0 unspecified atom stereocenters. The third kappa shape index (κ3) is 13.0. The first-order valence-corrected chi connectivity index (χ1v) is 9.08. The lowest BCUT2D eigenvalue weighted by molar-refractivity contribution is -0.160. The summed E-state index contributed by atoms with van der Waals surface area (Å²) in [5.74, 6) is -1.77. The number of hydrogen-bond donors (Lipinski definition) is 1. The topological polar surface area (TPSA) is 95.7 Å². The van der Waals surface area contributed by atoms with E-state index in [0.717, 1.165) is 19.3 Å². The molecule has 24 heavy (non-hydrogen) atoms. The molecule has 0 radical (unpaired) electrons. The van der Waals surface area contributed by atoms with Crippen molar-refractivity contribution >= 4 is 17.9 Å². The van der Waals surface area contributed by atoms with Crippen molar-refractivity contribution in [3.8, 4) is 0 Å². The molecule has 140 valence electrons. The van der Waals surface area contributed by atoms with Crippen LogP contribution in [-0.2, 0) is 23.9 Å². The van der Waals surface area contributed by atoms with E-state index in [0.29, 0.717) is 0 Å². The zero-order valence-electron chi connectivity index (χ0n) is 15.2. The summed E-state index contributed by atoms with van der Waals surface area (Å²) >= 11 is 0. The highest BCUT2D eigenvalue weighted by atomic mass is 16.6. The van der Waals surface area contributed by atoms with Gasteiger partial charge in [-0.3, -0.25) is 9.59 Å². The molecular formula is C18H33NO5. The predicted molar refractivity (Wildman–Crippen MR) is 92.2 cm³/mol. The Kier molecular flexibility index (Phi) is 14.2. The number of carbonyl (C=O) groups excluding carboxylic acids is 3. The van der Waals surface area contributed by atoms with Gasteiger partial charge in [-0.25, -0.2) is 4.79 Å². The number of methoxy groups -OCH3 is 1. The van der Waals surface area contributed by atoms with Gasteiger partial charge in [0.1, 0.15) is 6.04 Å². The zero-order valence-corrected chi connectivity index (χ0v) is 15.2. The van der Waals surface area contributed by atoms with E-state index in [4.69, 9.17) is 10.5 Å². The molecule has 0 saturated carbocycles. The van der Waals surface area contributed by atoms with Crippen LogP contribution in [0.25, 0.3) is 0 Å². The third-order valence-electron chi connectivity index (χ3n) is 3.89. The van der Waals surface area contributed by atoms with Crippen LogP contribution >= 0.6 is 0 Å². The van der Waals surface area contributed by atoms with Crippen LogP contribution in [0.15, 0.2) is 0 Å². The van der Waals surface area contributed by atoms with Gasteiger partial charge < -0.3 is 15.2 Å². The molecule has 0 spiro atoms. The molecule has 6 nitrogen and oxygen atoms in total. The highest BCUT2D eigenvalue weighted by Crippen LogP contribution is 2.11. The first kappa shape index (κ1) is 22.6. The largest absolute Gasteiger partial charge is 0.469 e. The minimum Gasteiger partial charge on any atom is -0.469 e. The highest BCUT2D eigenvalue weighted by molar-refractivity contribution is 5.88. The molecule has 0 aromatic heterocycles. The average molecular weight is 343 g/mol. The Morgan fingerprint density at radius 1 is 0.833 bits per heavy atom. The van der Waals surface area contributed by atoms with Gasteiger partial charge in [-0.05, 0) is 12.8 Å². The van der Waals surface area contributed by atoms with Crippen LogP contribution in [0.3, 0.4) is 0 Å². The molecule has 0 heterocycles. The Hall–Kier alpha value is -1.43. The first-order valence-electron chi connectivity index (χ1n) is 9.08. The van der Waals surface area contributed by atoms with E-state index in [1.54, 1.807) is 0 Å². The molecule has 0 aromatic rings. The summed E-state index contributed by atoms with van der Waals surface area (Å²) in [7, 11) is 1.26. The van der Waals surface area contributed by atoms with Crippen molar-refractivity contribution in [1.29, 1.82) is 0 Å². The fourth-order valence-electron chi connectivity index (χ4n) is 2.31. The summed E-state index contributed by atoms with van der Waals surface area (Å²) in [4.78, 5) is 34.1. The van der Waals surface area contributed by atoms with Crippen molar-refractivity contribution in [3.63, 3.8) is 0 Å². The Labute approximate surface area is 145 Å². The van der Waals surface area contributed by atoms with Gasteiger partial charge in [0.25, 0.3) is 0 Å². The van der Waals surface area contributed by atoms with Crippen molar-refractivity contribution in [3.05, 3.63) is 0 Å². The van der Waals surface area contributed by atoms with Crippen molar-refractivity contribution in [2.45, 2.75) is 90.0 Å². The van der Waals surface area contributed by atoms with Gasteiger partial charge in [-0.15, -0.1) is 0 Å². The second kappa shape index (κ2) is 15.1. The number of hydrogen-bond acceptors (Lipinski definition) is 6. The van der Waals surface area contributed by atoms with Crippen LogP contribution in [0.2, 0.25) is 0 Å². The Morgan fingerprint density at radius 2 is 1.38 bits per heavy atom. The van der Waals surface area contributed by atoms with Crippen LogP contribution in [-0.4, -0.2) is 31.1 Å². The molecular weight excluding hydrogens is 310 g/mol. The summed E-state index contributed by atoms with van der Waals surface area (Å²) in [6.45, 7) is 2.20. The standard InChI is InChI=1S/C18H33NO5/c1-3-4-5-6-7-8-9-10-11-12-17(21)24-18(22)15(19)13-14-16(20)23-2/h15H,3-14,19H2,1-2H3/t15-/m0/s1. The minimum atomic E-state index is -0.976. The summed E-state index contributed by atoms with van der Waals surface area (Å²) in [5, 5.41) is 0. The normalized spacial score (nSPS) is 11.8. The van der Waals surface area contributed by atoms with Crippen molar-refractivity contribution in [2.75, 3.05) is 7.11 Å². The maximum absolute atomic E-state index is 11.6. The first-order chi connectivity index (χ1) is 11.5. The smallest absolute Gasteiger partial charge is 0.330 e. The van der Waals surface area contributed by atoms with E-state index in [1.807, 2.05) is 0 Å². The maximum Gasteiger partial charge on any atom is 0.330 e. The van der Waals surface area contributed by atoms with Gasteiger partial charge in [0.05, 0.1) is 7.11 Å². The molecule has 6 heteroatoms. The van der Waals surface area contributed by atoms with Gasteiger partial charge in [0, 0.05) is 12.8 Å². The van der Waals surface area contributed by atoms with E-state index < -0.39 is 23.9 Å². The van der Waals surface area contributed by atoms with Crippen LogP contribution in [0, 0.1) is 0 Å². The molecule has 0 fully saturated rings. The molecule has 0 amide bonds. The fraction of sp³-hybridized carbons (Fsp3) is 0.833. The van der Waals surface area contributed by atoms with E-state index in [2.05, 4.69) is 11.7 Å². The second-order valence-electron chi connectivity index (χ2n) is 6.09. The van der Waals surface area contributed by atoms with E-state index >= 15 is 0 Å². The number of esters is 3. The summed E-state index contributed by atoms with van der Waals surface area (Å²) in [6, 6.07) is -0.976. The summed E-state index contributed by atoms with van der Waals surface area (Å²) < 4.78 is 9.16. The van der Waals surface area contributed by atoms with E-state index in [1.165, 1.54) is 45.6 Å². The number of unbranched alkanes of at least 4 members (excludes halogenated alkanes) is 8. The Balaban J connectivity index is 3.60. The lowest BCUT2D eigenvalue weighted by atomic mass is 10.1. The number of nitrogens with two attached hydrogens (primary N) is 1. The van der Waals surface area contributed by atoms with Crippen molar-refractivity contribution in [1.82, 2.24) is 0 Å². The van der Waals surface area contributed by atoms with Gasteiger partial charge in [-0.2, -0.15) is 0 Å². The van der Waals surface area contributed by atoms with Gasteiger partial charge >= 0.3 is 17.9 Å². The molecule has 0 rings (SSSR count). The quantitative estimate of drug-likeness (QED) is 0.295. The summed E-state index contributed by atoms with van der Waals surface area (Å²) in [6.07, 6.45) is 10.7. The van der Waals surface area contributed by atoms with Gasteiger partial charge in [0.15, 0.2) is 0 Å². The molecule has 0 bridgehead atoms. The van der Waals surface area contributed by atoms with Crippen molar-refractivity contribution in [2.24, 2.45) is 5.73 Å². The molecule has 0 aliphatic heterocycles. The molecule has 0 saturated heterocycles. The van der Waals surface area contributed by atoms with Crippen LogP contribution in [0.4, 0.5) is 0 Å². The lowest BCUT2D eigenvalue weighted by Gasteiger charge is -2.09. The minimum absolute atomic E-state index is 0.0270. The van der Waals surface area contributed by atoms with E-state index in [-0.39, 0.29) is 19.3 Å². The summed E-state index contributed by atoms with van der Waals surface area (Å²) in [5.41, 5.74) is 5.58. The molecule has 0 aromatic carbocycles. The SMILES string of the molecule is CCCCCCCCCCCC(=O)OC(=O)[C@@H](N)CCC(=O)OC. The Morgan fingerprint density at radius 3 is 1.92 bits per heavy atom. The molecule has 2 N–H and O–H groups in total. The van der Waals surface area contributed by atoms with Crippen molar-refractivity contribution < 1.29 is 23.9 Å². The van der Waals surface area contributed by atoms with Crippen LogP contribution in [0.1, 0.15) is 84.0 Å². The number of rotatable bonds is 14. The average Bonchev–Trinajstić information content (AvgIpc) is 2.57. The molecule has 1 atom stereocenters. The maximum atomic E-state index is 11.6. The molecule has 0 aliphatic carbocycles. The molecule has 0 aliphatic rings. The number of ether oxygens (including phenoxy) is 2. The predicted octanol–water partition coefficient (Wildman–Crippen LogP) is 3.26.